The second-order valence-electron chi connectivity index (χ2n) is 3.56. The molecular weight excluding hydrogens is 254 g/mol. The molecule has 76 valence electrons. The van der Waals surface area contributed by atoms with E-state index in [0.29, 0.717) is 6.29 Å². The van der Waals surface area contributed by atoms with Gasteiger partial charge in [0.05, 0.1) is 4.47 Å². The van der Waals surface area contributed by atoms with Gasteiger partial charge in [-0.05, 0) is 35.8 Å². The fourth-order valence-corrected chi connectivity index (χ4v) is 1.43. The van der Waals surface area contributed by atoms with Crippen molar-refractivity contribution in [1.29, 1.82) is 0 Å². The zero-order valence-corrected chi connectivity index (χ0v) is 9.36. The molecule has 0 aliphatic heterocycles. The molecule has 0 saturated heterocycles. The number of rotatable bonds is 2. The van der Waals surface area contributed by atoms with E-state index >= 15 is 0 Å². The van der Waals surface area contributed by atoms with Gasteiger partial charge in [-0.2, -0.15) is 0 Å². The van der Waals surface area contributed by atoms with Crippen LogP contribution in [0.2, 0.25) is 0 Å². The van der Waals surface area contributed by atoms with Crippen molar-refractivity contribution in [3.63, 3.8) is 0 Å². The maximum Gasteiger partial charge on any atom is 0.144 e. The fraction of sp³-hybridized carbons (Fsp3) is 0.300. The van der Waals surface area contributed by atoms with Crippen molar-refractivity contribution in [2.24, 2.45) is 0 Å². The predicted octanol–water partition coefficient (Wildman–Crippen LogP) is 3.20. The Balaban J connectivity index is 3.38. The monoisotopic (exact) mass is 262 g/mol. The first-order valence-corrected chi connectivity index (χ1v) is 4.80. The molecule has 0 fully saturated rings. The van der Waals surface area contributed by atoms with Crippen LogP contribution in [-0.2, 0) is 10.2 Å². The largest absolute Gasteiger partial charge is 0.302 e. The Morgan fingerprint density at radius 3 is 2.43 bits per heavy atom. The van der Waals surface area contributed by atoms with E-state index in [0.717, 1.165) is 6.07 Å². The summed E-state index contributed by atoms with van der Waals surface area (Å²) in [7, 11) is 0. The Morgan fingerprint density at radius 2 is 1.93 bits per heavy atom. The van der Waals surface area contributed by atoms with Crippen molar-refractivity contribution in [2.45, 2.75) is 19.3 Å². The highest BCUT2D eigenvalue weighted by Crippen LogP contribution is 2.29. The minimum atomic E-state index is -0.944. The summed E-state index contributed by atoms with van der Waals surface area (Å²) in [5.41, 5.74) is -0.763. The lowest BCUT2D eigenvalue weighted by atomic mass is 9.86. The van der Waals surface area contributed by atoms with E-state index in [-0.39, 0.29) is 10.0 Å². The summed E-state index contributed by atoms with van der Waals surface area (Å²) >= 11 is 2.79. The van der Waals surface area contributed by atoms with Crippen molar-refractivity contribution in [2.75, 3.05) is 0 Å². The molecule has 0 amide bonds. The Morgan fingerprint density at radius 1 is 1.36 bits per heavy atom. The first kappa shape index (κ1) is 11.3. The molecule has 1 rings (SSSR count). The van der Waals surface area contributed by atoms with Crippen LogP contribution in [0.5, 0.6) is 0 Å². The summed E-state index contributed by atoms with van der Waals surface area (Å²) in [5.74, 6) is -1.39. The van der Waals surface area contributed by atoms with Gasteiger partial charge in [0.1, 0.15) is 17.9 Å². The molecule has 0 aliphatic rings. The van der Waals surface area contributed by atoms with Gasteiger partial charge < -0.3 is 4.79 Å². The van der Waals surface area contributed by atoms with Crippen molar-refractivity contribution in [3.8, 4) is 0 Å². The fourth-order valence-electron chi connectivity index (χ4n) is 1.09. The van der Waals surface area contributed by atoms with E-state index in [1.165, 1.54) is 6.07 Å². The van der Waals surface area contributed by atoms with E-state index in [1.807, 2.05) is 0 Å². The molecule has 1 nitrogen and oxygen atoms in total. The molecule has 0 saturated carbocycles. The van der Waals surface area contributed by atoms with Crippen LogP contribution in [0.1, 0.15) is 19.4 Å². The number of aldehydes is 1. The Hall–Kier alpha value is -0.770. The van der Waals surface area contributed by atoms with Gasteiger partial charge in [0.25, 0.3) is 0 Å². The molecular formula is C10H9BrF2O. The van der Waals surface area contributed by atoms with Crippen molar-refractivity contribution >= 4 is 22.2 Å². The van der Waals surface area contributed by atoms with Crippen LogP contribution in [0.4, 0.5) is 8.78 Å². The number of carbonyl (C=O) groups is 1. The molecule has 0 heterocycles. The average Bonchev–Trinajstić information content (AvgIpc) is 2.14. The summed E-state index contributed by atoms with van der Waals surface area (Å²) in [6.45, 7) is 3.14. The lowest BCUT2D eigenvalue weighted by Gasteiger charge is -2.18. The predicted molar refractivity (Wildman–Crippen MR) is 53.1 cm³/mol. The summed E-state index contributed by atoms with van der Waals surface area (Å²) in [6.07, 6.45) is 0.635. The van der Waals surface area contributed by atoms with Crippen LogP contribution in [0, 0.1) is 11.6 Å². The molecule has 0 spiro atoms. The van der Waals surface area contributed by atoms with Crippen molar-refractivity contribution in [1.82, 2.24) is 0 Å². The first-order valence-electron chi connectivity index (χ1n) is 4.00. The lowest BCUT2D eigenvalue weighted by molar-refractivity contribution is -0.111. The van der Waals surface area contributed by atoms with Crippen LogP contribution in [0.15, 0.2) is 16.6 Å². The zero-order valence-electron chi connectivity index (χ0n) is 7.77. The molecule has 14 heavy (non-hydrogen) atoms. The minimum absolute atomic E-state index is 0.181. The van der Waals surface area contributed by atoms with Crippen LogP contribution in [0.25, 0.3) is 0 Å². The van der Waals surface area contributed by atoms with E-state index in [9.17, 15) is 13.6 Å². The second kappa shape index (κ2) is 3.77. The Labute approximate surface area is 89.3 Å². The number of benzene rings is 1. The van der Waals surface area contributed by atoms with Crippen LogP contribution < -0.4 is 0 Å². The summed E-state index contributed by atoms with van der Waals surface area (Å²) in [5, 5.41) is 0. The minimum Gasteiger partial charge on any atom is -0.302 e. The van der Waals surface area contributed by atoms with E-state index in [1.54, 1.807) is 13.8 Å². The summed E-state index contributed by atoms with van der Waals surface area (Å²) in [6, 6.07) is 2.41. The van der Waals surface area contributed by atoms with Gasteiger partial charge in [-0.25, -0.2) is 8.78 Å². The Bertz CT molecular complexity index is 375. The number of hydrogen-bond acceptors (Lipinski definition) is 1. The molecule has 0 aliphatic carbocycles. The molecule has 0 atom stereocenters. The molecule has 0 radical (unpaired) electrons. The van der Waals surface area contributed by atoms with Gasteiger partial charge >= 0.3 is 0 Å². The van der Waals surface area contributed by atoms with Gasteiger partial charge in [0, 0.05) is 11.0 Å². The molecule has 0 N–H and O–H groups in total. The number of carbonyl (C=O) groups excluding carboxylic acids is 1. The molecule has 4 heteroatoms. The van der Waals surface area contributed by atoms with Crippen LogP contribution >= 0.6 is 15.9 Å². The van der Waals surface area contributed by atoms with Gasteiger partial charge in [0.15, 0.2) is 0 Å². The molecule has 0 aromatic heterocycles. The third-order valence-corrected chi connectivity index (χ3v) is 2.75. The first-order chi connectivity index (χ1) is 6.40. The van der Waals surface area contributed by atoms with Crippen molar-refractivity contribution in [3.05, 3.63) is 33.8 Å². The smallest absolute Gasteiger partial charge is 0.144 e. The van der Waals surface area contributed by atoms with E-state index in [4.69, 9.17) is 0 Å². The third kappa shape index (κ3) is 1.85. The van der Waals surface area contributed by atoms with E-state index in [2.05, 4.69) is 15.9 Å². The standard InChI is InChI=1S/C10H9BrF2O/c1-10(2,5-14)6-3-4-7(12)8(11)9(6)13/h3-5H,1-2H3. The quantitative estimate of drug-likeness (QED) is 0.591. The zero-order chi connectivity index (χ0) is 10.9. The number of halogens is 3. The average molecular weight is 263 g/mol. The molecule has 1 aromatic carbocycles. The van der Waals surface area contributed by atoms with Crippen molar-refractivity contribution < 1.29 is 13.6 Å². The summed E-state index contributed by atoms with van der Waals surface area (Å²) in [4.78, 5) is 10.7. The van der Waals surface area contributed by atoms with Crippen LogP contribution in [0.3, 0.4) is 0 Å². The maximum absolute atomic E-state index is 13.5. The van der Waals surface area contributed by atoms with Gasteiger partial charge in [-0.15, -0.1) is 0 Å². The highest BCUT2D eigenvalue weighted by molar-refractivity contribution is 9.10. The van der Waals surface area contributed by atoms with Gasteiger partial charge in [0.2, 0.25) is 0 Å². The summed E-state index contributed by atoms with van der Waals surface area (Å²) < 4.78 is 26.1. The molecule has 1 aromatic rings. The van der Waals surface area contributed by atoms with Gasteiger partial charge in [-0.3, -0.25) is 0 Å². The molecule has 0 unspecified atom stereocenters. The SMILES string of the molecule is CC(C)(C=O)c1ccc(F)c(Br)c1F. The lowest BCUT2D eigenvalue weighted by Crippen LogP contribution is -2.20. The topological polar surface area (TPSA) is 17.1 Å². The van der Waals surface area contributed by atoms with E-state index < -0.39 is 17.0 Å². The highest BCUT2D eigenvalue weighted by Gasteiger charge is 2.25. The molecule has 0 bridgehead atoms. The third-order valence-electron chi connectivity index (χ3n) is 2.02. The normalized spacial score (nSPS) is 11.5. The number of hydrogen-bond donors (Lipinski definition) is 0. The van der Waals surface area contributed by atoms with Gasteiger partial charge in [-0.1, -0.05) is 6.07 Å². The Kier molecular flexibility index (Phi) is 3.04. The van der Waals surface area contributed by atoms with Crippen LogP contribution in [-0.4, -0.2) is 6.29 Å². The maximum atomic E-state index is 13.5. The second-order valence-corrected chi connectivity index (χ2v) is 4.36. The highest BCUT2D eigenvalue weighted by atomic mass is 79.9.